The summed E-state index contributed by atoms with van der Waals surface area (Å²) in [7, 11) is 7.25. The van der Waals surface area contributed by atoms with Gasteiger partial charge in [0.1, 0.15) is 18.1 Å². The Bertz CT molecular complexity index is 1080. The van der Waals surface area contributed by atoms with Crippen LogP contribution in [0.2, 0.25) is 0 Å². The lowest BCUT2D eigenvalue weighted by molar-refractivity contribution is 0.263. The van der Waals surface area contributed by atoms with Crippen molar-refractivity contribution in [1.82, 2.24) is 4.90 Å². The third-order valence-corrected chi connectivity index (χ3v) is 6.88. The Morgan fingerprint density at radius 2 is 1.65 bits per heavy atom. The molecule has 34 heavy (non-hydrogen) atoms. The molecule has 0 aromatic heterocycles. The third-order valence-electron chi connectivity index (χ3n) is 6.88. The summed E-state index contributed by atoms with van der Waals surface area (Å²) < 4.78 is 22.5. The van der Waals surface area contributed by atoms with E-state index in [1.807, 2.05) is 18.2 Å². The standard InChI is InChI=1S/C29H35NO4/c1-30(18-15-22-11-13-27(32-3)28(19-22)33-4)17-8-16-29(23-9-6-5-7-10-23)21-34-26-14-12-24(31-2)20-25(26)29/h5-7,9-14,19-20H,8,15-18,21H2,1-4H3. The second kappa shape index (κ2) is 10.8. The fourth-order valence-corrected chi connectivity index (χ4v) is 4.88. The van der Waals surface area contributed by atoms with Crippen molar-refractivity contribution in [2.45, 2.75) is 24.7 Å². The van der Waals surface area contributed by atoms with Crippen LogP contribution >= 0.6 is 0 Å². The van der Waals surface area contributed by atoms with Gasteiger partial charge in [-0.25, -0.2) is 0 Å². The van der Waals surface area contributed by atoms with Gasteiger partial charge in [-0.2, -0.15) is 0 Å². The molecule has 0 fully saturated rings. The van der Waals surface area contributed by atoms with Crippen molar-refractivity contribution in [2.75, 3.05) is 48.1 Å². The van der Waals surface area contributed by atoms with Crippen molar-refractivity contribution in [3.8, 4) is 23.0 Å². The SMILES string of the molecule is COc1ccc2c(c1)C(CCCN(C)CCc1ccc(OC)c(OC)c1)(c1ccccc1)CO2. The summed E-state index contributed by atoms with van der Waals surface area (Å²) in [6.45, 7) is 2.66. The van der Waals surface area contributed by atoms with Crippen LogP contribution in [0.25, 0.3) is 0 Å². The third kappa shape index (κ3) is 5.00. The summed E-state index contributed by atoms with van der Waals surface area (Å²) in [4.78, 5) is 2.40. The second-order valence-electron chi connectivity index (χ2n) is 8.95. The summed E-state index contributed by atoms with van der Waals surface area (Å²) in [6.07, 6.45) is 3.04. The number of ether oxygens (including phenoxy) is 4. The van der Waals surface area contributed by atoms with Gasteiger partial charge in [0.2, 0.25) is 0 Å². The first-order valence-corrected chi connectivity index (χ1v) is 11.9. The highest BCUT2D eigenvalue weighted by Crippen LogP contribution is 2.47. The van der Waals surface area contributed by atoms with Gasteiger partial charge in [0.25, 0.3) is 0 Å². The van der Waals surface area contributed by atoms with E-state index in [4.69, 9.17) is 18.9 Å². The Labute approximate surface area is 203 Å². The van der Waals surface area contributed by atoms with Crippen LogP contribution in [-0.4, -0.2) is 53.0 Å². The summed E-state index contributed by atoms with van der Waals surface area (Å²) in [5.74, 6) is 3.38. The van der Waals surface area contributed by atoms with Gasteiger partial charge in [-0.05, 0) is 74.3 Å². The fraction of sp³-hybridized carbons (Fsp3) is 0.379. The number of likely N-dealkylation sites (N-methyl/N-ethyl adjacent to an activating group) is 1. The molecule has 1 aliphatic heterocycles. The molecule has 0 radical (unpaired) electrons. The first-order chi connectivity index (χ1) is 16.6. The summed E-state index contributed by atoms with van der Waals surface area (Å²) in [5, 5.41) is 0. The lowest BCUT2D eigenvalue weighted by Crippen LogP contribution is -2.31. The molecule has 0 saturated heterocycles. The topological polar surface area (TPSA) is 40.2 Å². The summed E-state index contributed by atoms with van der Waals surface area (Å²) in [6, 6.07) is 23.1. The molecule has 1 unspecified atom stereocenters. The van der Waals surface area contributed by atoms with Gasteiger partial charge in [0.15, 0.2) is 11.5 Å². The van der Waals surface area contributed by atoms with Crippen LogP contribution in [0.15, 0.2) is 66.7 Å². The maximum absolute atomic E-state index is 6.18. The lowest BCUT2D eigenvalue weighted by atomic mass is 9.73. The molecule has 180 valence electrons. The molecule has 1 heterocycles. The van der Waals surface area contributed by atoms with Crippen LogP contribution in [-0.2, 0) is 11.8 Å². The highest BCUT2D eigenvalue weighted by atomic mass is 16.5. The number of nitrogens with zero attached hydrogens (tertiary/aromatic N) is 1. The largest absolute Gasteiger partial charge is 0.497 e. The van der Waals surface area contributed by atoms with Crippen molar-refractivity contribution in [1.29, 1.82) is 0 Å². The quantitative estimate of drug-likeness (QED) is 0.385. The molecule has 0 saturated carbocycles. The minimum atomic E-state index is -0.157. The fourth-order valence-electron chi connectivity index (χ4n) is 4.88. The lowest BCUT2D eigenvalue weighted by Gasteiger charge is -2.30. The molecule has 1 aliphatic rings. The first-order valence-electron chi connectivity index (χ1n) is 11.9. The van der Waals surface area contributed by atoms with Gasteiger partial charge in [0.05, 0.1) is 26.7 Å². The Balaban J connectivity index is 1.42. The maximum Gasteiger partial charge on any atom is 0.160 e. The van der Waals surface area contributed by atoms with E-state index in [9.17, 15) is 0 Å². The van der Waals surface area contributed by atoms with Crippen LogP contribution in [0.1, 0.15) is 29.5 Å². The Hall–Kier alpha value is -3.18. The number of rotatable bonds is 11. The molecule has 5 nitrogen and oxygen atoms in total. The van der Waals surface area contributed by atoms with E-state index >= 15 is 0 Å². The van der Waals surface area contributed by atoms with Crippen molar-refractivity contribution in [3.05, 3.63) is 83.4 Å². The van der Waals surface area contributed by atoms with Crippen LogP contribution in [0, 0.1) is 0 Å². The van der Waals surface area contributed by atoms with Gasteiger partial charge in [-0.3, -0.25) is 0 Å². The molecule has 4 rings (SSSR count). The molecular formula is C29H35NO4. The zero-order valence-electron chi connectivity index (χ0n) is 20.7. The maximum atomic E-state index is 6.18. The second-order valence-corrected chi connectivity index (χ2v) is 8.95. The highest BCUT2D eigenvalue weighted by Gasteiger charge is 2.42. The molecular weight excluding hydrogens is 426 g/mol. The van der Waals surface area contributed by atoms with Gasteiger partial charge in [-0.1, -0.05) is 36.4 Å². The average molecular weight is 462 g/mol. The Kier molecular flexibility index (Phi) is 7.63. The minimum absolute atomic E-state index is 0.157. The molecule has 0 aliphatic carbocycles. The Morgan fingerprint density at radius 3 is 2.38 bits per heavy atom. The number of benzene rings is 3. The average Bonchev–Trinajstić information content (AvgIpc) is 3.26. The van der Waals surface area contributed by atoms with Gasteiger partial charge in [0, 0.05) is 12.1 Å². The molecule has 3 aromatic rings. The van der Waals surface area contributed by atoms with Crippen molar-refractivity contribution < 1.29 is 18.9 Å². The zero-order valence-corrected chi connectivity index (χ0v) is 20.7. The number of fused-ring (bicyclic) bond motifs is 1. The van der Waals surface area contributed by atoms with E-state index in [0.717, 1.165) is 55.4 Å². The number of methoxy groups -OCH3 is 3. The van der Waals surface area contributed by atoms with E-state index in [1.165, 1.54) is 16.7 Å². The van der Waals surface area contributed by atoms with Crippen molar-refractivity contribution >= 4 is 0 Å². The smallest absolute Gasteiger partial charge is 0.160 e. The molecule has 0 N–H and O–H groups in total. The van der Waals surface area contributed by atoms with E-state index in [-0.39, 0.29) is 5.41 Å². The molecule has 0 spiro atoms. The predicted molar refractivity (Wildman–Crippen MR) is 136 cm³/mol. The van der Waals surface area contributed by atoms with Gasteiger partial charge >= 0.3 is 0 Å². The first kappa shape index (κ1) is 24.0. The number of hydrogen-bond donors (Lipinski definition) is 0. The normalized spacial score (nSPS) is 16.7. The van der Waals surface area contributed by atoms with Gasteiger partial charge < -0.3 is 23.8 Å². The summed E-state index contributed by atoms with van der Waals surface area (Å²) >= 11 is 0. The molecule has 1 atom stereocenters. The Morgan fingerprint density at radius 1 is 0.853 bits per heavy atom. The van der Waals surface area contributed by atoms with E-state index in [0.29, 0.717) is 6.61 Å². The number of hydrogen-bond acceptors (Lipinski definition) is 5. The van der Waals surface area contributed by atoms with Crippen LogP contribution < -0.4 is 18.9 Å². The summed E-state index contributed by atoms with van der Waals surface area (Å²) in [5.41, 5.74) is 3.62. The molecule has 0 amide bonds. The van der Waals surface area contributed by atoms with Crippen molar-refractivity contribution in [3.63, 3.8) is 0 Å². The molecule has 0 bridgehead atoms. The molecule has 3 aromatic carbocycles. The van der Waals surface area contributed by atoms with Gasteiger partial charge in [-0.15, -0.1) is 0 Å². The van der Waals surface area contributed by atoms with E-state index in [2.05, 4.69) is 60.5 Å². The van der Waals surface area contributed by atoms with Crippen LogP contribution in [0.4, 0.5) is 0 Å². The monoisotopic (exact) mass is 461 g/mol. The van der Waals surface area contributed by atoms with Crippen LogP contribution in [0.5, 0.6) is 23.0 Å². The zero-order chi connectivity index (χ0) is 24.0. The highest BCUT2D eigenvalue weighted by molar-refractivity contribution is 5.53. The molecule has 5 heteroatoms. The van der Waals surface area contributed by atoms with Crippen LogP contribution in [0.3, 0.4) is 0 Å². The minimum Gasteiger partial charge on any atom is -0.497 e. The van der Waals surface area contributed by atoms with Crippen molar-refractivity contribution in [2.24, 2.45) is 0 Å². The predicted octanol–water partition coefficient (Wildman–Crippen LogP) is 5.35. The van der Waals surface area contributed by atoms with E-state index < -0.39 is 0 Å². The van der Waals surface area contributed by atoms with E-state index in [1.54, 1.807) is 21.3 Å².